The Hall–Kier alpha value is -1.75. The van der Waals surface area contributed by atoms with Crippen LogP contribution >= 0.6 is 0 Å². The van der Waals surface area contributed by atoms with Gasteiger partial charge in [0.2, 0.25) is 6.79 Å². The second-order valence-electron chi connectivity index (χ2n) is 4.48. The lowest BCUT2D eigenvalue weighted by Crippen LogP contribution is -2.25. The van der Waals surface area contributed by atoms with Crippen molar-refractivity contribution in [2.45, 2.75) is 11.8 Å². The number of hydrogen-bond donors (Lipinski definition) is 2. The predicted octanol–water partition coefficient (Wildman–Crippen LogP) is 0.716. The maximum absolute atomic E-state index is 11.4. The molecule has 3 N–H and O–H groups in total. The van der Waals surface area contributed by atoms with Gasteiger partial charge >= 0.3 is 5.97 Å². The molecule has 0 unspecified atom stereocenters. The third-order valence-electron chi connectivity index (χ3n) is 3.66. The lowest BCUT2D eigenvalue weighted by Gasteiger charge is -2.12. The zero-order valence-electron chi connectivity index (χ0n) is 9.18. The topological polar surface area (TPSA) is 81.8 Å². The molecule has 0 saturated heterocycles. The Bertz CT molecular complexity index is 487. The molecular formula is C12H13NO4. The van der Waals surface area contributed by atoms with Crippen LogP contribution in [0.4, 0.5) is 0 Å². The minimum Gasteiger partial charge on any atom is -0.481 e. The summed E-state index contributed by atoms with van der Waals surface area (Å²) in [7, 11) is 0. The van der Waals surface area contributed by atoms with E-state index in [9.17, 15) is 9.90 Å². The molecule has 1 heterocycles. The van der Waals surface area contributed by atoms with Gasteiger partial charge in [0.15, 0.2) is 11.5 Å². The monoisotopic (exact) mass is 235 g/mol. The quantitative estimate of drug-likeness (QED) is 0.806. The molecule has 1 saturated carbocycles. The number of aliphatic carboxylic acids is 1. The first-order chi connectivity index (χ1) is 8.18. The number of fused-ring (bicyclic) bond motifs is 1. The fourth-order valence-electron chi connectivity index (χ4n) is 2.53. The molecule has 2 aliphatic rings. The van der Waals surface area contributed by atoms with Gasteiger partial charge in [-0.25, -0.2) is 0 Å². The van der Waals surface area contributed by atoms with E-state index in [-0.39, 0.29) is 12.7 Å². The molecular weight excluding hydrogens is 222 g/mol. The van der Waals surface area contributed by atoms with E-state index in [1.165, 1.54) is 0 Å². The Labute approximate surface area is 98.1 Å². The predicted molar refractivity (Wildman–Crippen MR) is 59.0 cm³/mol. The van der Waals surface area contributed by atoms with Gasteiger partial charge in [-0.1, -0.05) is 6.07 Å². The molecule has 1 aromatic carbocycles. The van der Waals surface area contributed by atoms with Crippen LogP contribution < -0.4 is 15.2 Å². The van der Waals surface area contributed by atoms with Crippen molar-refractivity contribution in [3.05, 3.63) is 23.8 Å². The van der Waals surface area contributed by atoms with Crippen molar-refractivity contribution in [1.29, 1.82) is 0 Å². The summed E-state index contributed by atoms with van der Waals surface area (Å²) in [6.45, 7) is 0.583. The number of carboxylic acids is 1. The maximum Gasteiger partial charge on any atom is 0.314 e. The molecule has 5 heteroatoms. The van der Waals surface area contributed by atoms with Crippen LogP contribution in [-0.4, -0.2) is 24.4 Å². The first-order valence-corrected chi connectivity index (χ1v) is 5.52. The van der Waals surface area contributed by atoms with E-state index >= 15 is 0 Å². The summed E-state index contributed by atoms with van der Waals surface area (Å²) in [5.74, 6) is 0.484. The van der Waals surface area contributed by atoms with Crippen LogP contribution in [0, 0.1) is 5.92 Å². The number of carbonyl (C=O) groups is 1. The average Bonchev–Trinajstić information content (AvgIpc) is 2.91. The standard InChI is InChI=1S/C12H13NO4/c13-5-8-4-12(8,11(14)15)7-1-2-9-10(3-7)17-6-16-9/h1-3,8H,4-6,13H2,(H,14,15)/t8-,12+/m0/s1. The van der Waals surface area contributed by atoms with Crippen LogP contribution in [0.25, 0.3) is 0 Å². The van der Waals surface area contributed by atoms with Crippen molar-refractivity contribution < 1.29 is 19.4 Å². The van der Waals surface area contributed by atoms with Gasteiger partial charge in [-0.2, -0.15) is 0 Å². The highest BCUT2D eigenvalue weighted by molar-refractivity contribution is 5.86. The van der Waals surface area contributed by atoms with Gasteiger partial charge in [-0.15, -0.1) is 0 Å². The van der Waals surface area contributed by atoms with Crippen LogP contribution in [0.1, 0.15) is 12.0 Å². The molecule has 1 aliphatic carbocycles. The zero-order chi connectivity index (χ0) is 12.0. The summed E-state index contributed by atoms with van der Waals surface area (Å²) < 4.78 is 10.5. The first kappa shape index (κ1) is 10.4. The van der Waals surface area contributed by atoms with Gasteiger partial charge < -0.3 is 20.3 Å². The van der Waals surface area contributed by atoms with Crippen LogP contribution in [-0.2, 0) is 10.2 Å². The molecule has 1 aromatic rings. The van der Waals surface area contributed by atoms with Crippen molar-refractivity contribution in [3.63, 3.8) is 0 Å². The average molecular weight is 235 g/mol. The summed E-state index contributed by atoms with van der Waals surface area (Å²) in [6, 6.07) is 5.30. The molecule has 0 radical (unpaired) electrons. The molecule has 5 nitrogen and oxygen atoms in total. The number of benzene rings is 1. The highest BCUT2D eigenvalue weighted by Crippen LogP contribution is 2.55. The summed E-state index contributed by atoms with van der Waals surface area (Å²) in [6.07, 6.45) is 0.596. The Morgan fingerprint density at radius 1 is 1.47 bits per heavy atom. The SMILES string of the molecule is NC[C@@H]1C[C@@]1(C(=O)O)c1ccc2c(c1)OCO2. The molecule has 1 fully saturated rings. The normalized spacial score (nSPS) is 29.1. The summed E-state index contributed by atoms with van der Waals surface area (Å²) in [4.78, 5) is 11.4. The third kappa shape index (κ3) is 1.32. The third-order valence-corrected chi connectivity index (χ3v) is 3.66. The molecule has 1 aliphatic heterocycles. The van der Waals surface area contributed by atoms with E-state index in [1.54, 1.807) is 18.2 Å². The number of carboxylic acid groups (broad SMARTS) is 1. The lowest BCUT2D eigenvalue weighted by atomic mass is 9.93. The molecule has 0 amide bonds. The van der Waals surface area contributed by atoms with Gasteiger partial charge in [-0.05, 0) is 36.6 Å². The van der Waals surface area contributed by atoms with Gasteiger partial charge in [0.05, 0.1) is 5.41 Å². The van der Waals surface area contributed by atoms with Crippen molar-refractivity contribution in [2.75, 3.05) is 13.3 Å². The van der Waals surface area contributed by atoms with Crippen LogP contribution in [0.15, 0.2) is 18.2 Å². The maximum atomic E-state index is 11.4. The van der Waals surface area contributed by atoms with Gasteiger partial charge in [-0.3, -0.25) is 4.79 Å². The zero-order valence-corrected chi connectivity index (χ0v) is 9.18. The number of hydrogen-bond acceptors (Lipinski definition) is 4. The molecule has 0 spiro atoms. The summed E-state index contributed by atoms with van der Waals surface area (Å²) in [5.41, 5.74) is 5.51. The van der Waals surface area contributed by atoms with Crippen molar-refractivity contribution in [2.24, 2.45) is 11.7 Å². The van der Waals surface area contributed by atoms with Crippen LogP contribution in [0.5, 0.6) is 11.5 Å². The number of ether oxygens (including phenoxy) is 2. The molecule has 90 valence electrons. The smallest absolute Gasteiger partial charge is 0.314 e. The number of rotatable bonds is 3. The van der Waals surface area contributed by atoms with Gasteiger partial charge in [0.25, 0.3) is 0 Å². The highest BCUT2D eigenvalue weighted by Gasteiger charge is 2.61. The van der Waals surface area contributed by atoms with Gasteiger partial charge in [0.1, 0.15) is 0 Å². The Kier molecular flexibility index (Phi) is 2.06. The second-order valence-corrected chi connectivity index (χ2v) is 4.48. The molecule has 0 bridgehead atoms. The Balaban J connectivity index is 2.01. The van der Waals surface area contributed by atoms with Crippen LogP contribution in [0.2, 0.25) is 0 Å². The summed E-state index contributed by atoms with van der Waals surface area (Å²) in [5, 5.41) is 9.38. The van der Waals surface area contributed by atoms with E-state index in [1.807, 2.05) is 0 Å². The summed E-state index contributed by atoms with van der Waals surface area (Å²) >= 11 is 0. The van der Waals surface area contributed by atoms with Crippen molar-refractivity contribution >= 4 is 5.97 Å². The fraction of sp³-hybridized carbons (Fsp3) is 0.417. The highest BCUT2D eigenvalue weighted by atomic mass is 16.7. The Morgan fingerprint density at radius 3 is 2.88 bits per heavy atom. The second kappa shape index (κ2) is 3.37. The van der Waals surface area contributed by atoms with E-state index in [0.717, 1.165) is 5.56 Å². The molecule has 17 heavy (non-hydrogen) atoms. The molecule has 2 atom stereocenters. The number of nitrogens with two attached hydrogens (primary N) is 1. The minimum absolute atomic E-state index is 0.0142. The van der Waals surface area contributed by atoms with Crippen molar-refractivity contribution in [3.8, 4) is 11.5 Å². The van der Waals surface area contributed by atoms with E-state index in [2.05, 4.69) is 0 Å². The molecule has 3 rings (SSSR count). The molecule has 0 aromatic heterocycles. The van der Waals surface area contributed by atoms with E-state index in [4.69, 9.17) is 15.2 Å². The van der Waals surface area contributed by atoms with Gasteiger partial charge in [0, 0.05) is 0 Å². The Morgan fingerprint density at radius 2 is 2.24 bits per heavy atom. The van der Waals surface area contributed by atoms with E-state index < -0.39 is 11.4 Å². The largest absolute Gasteiger partial charge is 0.481 e. The fourth-order valence-corrected chi connectivity index (χ4v) is 2.53. The van der Waals surface area contributed by atoms with Crippen LogP contribution in [0.3, 0.4) is 0 Å². The first-order valence-electron chi connectivity index (χ1n) is 5.52. The van der Waals surface area contributed by atoms with Crippen molar-refractivity contribution in [1.82, 2.24) is 0 Å². The minimum atomic E-state index is -0.824. The lowest BCUT2D eigenvalue weighted by molar-refractivity contribution is -0.140. The van der Waals surface area contributed by atoms with E-state index in [0.29, 0.717) is 24.5 Å².